The molecule has 1 aromatic rings. The fourth-order valence-corrected chi connectivity index (χ4v) is 2.58. The number of nitrogens with zero attached hydrogens (tertiary/aromatic N) is 2. The second-order valence-corrected chi connectivity index (χ2v) is 6.08. The van der Waals surface area contributed by atoms with E-state index in [1.54, 1.807) is 40.1 Å². The number of hydrogen-bond acceptors (Lipinski definition) is 4. The van der Waals surface area contributed by atoms with Gasteiger partial charge in [0.25, 0.3) is 5.91 Å². The van der Waals surface area contributed by atoms with Crippen LogP contribution in [0, 0.1) is 0 Å². The molecule has 0 aliphatic carbocycles. The zero-order valence-electron chi connectivity index (χ0n) is 14.9. The van der Waals surface area contributed by atoms with Gasteiger partial charge in [0, 0.05) is 44.7 Å². The molecule has 2 amide bonds. The fourth-order valence-electron chi connectivity index (χ4n) is 2.58. The Balaban J connectivity index is 1.97. The van der Waals surface area contributed by atoms with Crippen LogP contribution < -0.4 is 4.74 Å². The molecule has 1 aromatic carbocycles. The lowest BCUT2D eigenvalue weighted by molar-refractivity contribution is -0.132. The number of allylic oxidation sites excluding steroid dienone is 1. The Labute approximate surface area is 148 Å². The summed E-state index contributed by atoms with van der Waals surface area (Å²) in [7, 11) is 0. The third kappa shape index (κ3) is 5.17. The Morgan fingerprint density at radius 1 is 1.08 bits per heavy atom. The minimum atomic E-state index is -0.424. The standard InChI is InChI=1S/C19H24N2O4/c1-4-14(2)12-18(23)20-8-10-21(11-9-20)19(24)16-6-5-7-17(13-16)25-15(3)22/h5-7,12-13H,4,8-11H2,1-3H3/b14-12+. The average Bonchev–Trinajstić information content (AvgIpc) is 2.60. The highest BCUT2D eigenvalue weighted by Crippen LogP contribution is 2.16. The Morgan fingerprint density at radius 2 is 1.72 bits per heavy atom. The van der Waals surface area contributed by atoms with E-state index in [-0.39, 0.29) is 11.8 Å². The molecular weight excluding hydrogens is 320 g/mol. The lowest BCUT2D eigenvalue weighted by atomic mass is 10.1. The van der Waals surface area contributed by atoms with Crippen molar-refractivity contribution in [2.45, 2.75) is 27.2 Å². The largest absolute Gasteiger partial charge is 0.427 e. The van der Waals surface area contributed by atoms with E-state index in [0.717, 1.165) is 12.0 Å². The van der Waals surface area contributed by atoms with Crippen LogP contribution in [0.3, 0.4) is 0 Å². The van der Waals surface area contributed by atoms with Gasteiger partial charge in [-0.2, -0.15) is 0 Å². The monoisotopic (exact) mass is 344 g/mol. The van der Waals surface area contributed by atoms with Crippen LogP contribution in [0.4, 0.5) is 0 Å². The summed E-state index contributed by atoms with van der Waals surface area (Å²) in [5, 5.41) is 0. The minimum Gasteiger partial charge on any atom is -0.427 e. The first-order chi connectivity index (χ1) is 11.9. The maximum Gasteiger partial charge on any atom is 0.308 e. The molecule has 0 unspecified atom stereocenters. The number of rotatable bonds is 4. The van der Waals surface area contributed by atoms with E-state index in [9.17, 15) is 14.4 Å². The summed E-state index contributed by atoms with van der Waals surface area (Å²) in [4.78, 5) is 39.3. The number of esters is 1. The second-order valence-electron chi connectivity index (χ2n) is 6.08. The molecule has 1 fully saturated rings. The highest BCUT2D eigenvalue weighted by molar-refractivity contribution is 5.95. The third-order valence-electron chi connectivity index (χ3n) is 4.15. The van der Waals surface area contributed by atoms with Crippen LogP contribution in [0.25, 0.3) is 0 Å². The van der Waals surface area contributed by atoms with Gasteiger partial charge in [-0.15, -0.1) is 0 Å². The molecule has 0 bridgehead atoms. The minimum absolute atomic E-state index is 0.00306. The lowest BCUT2D eigenvalue weighted by Gasteiger charge is -2.34. The van der Waals surface area contributed by atoms with Crippen molar-refractivity contribution in [1.82, 2.24) is 9.80 Å². The molecular formula is C19H24N2O4. The van der Waals surface area contributed by atoms with Gasteiger partial charge >= 0.3 is 5.97 Å². The van der Waals surface area contributed by atoms with Gasteiger partial charge in [-0.05, 0) is 31.5 Å². The number of carbonyl (C=O) groups excluding carboxylic acids is 3. The quantitative estimate of drug-likeness (QED) is 0.477. The first-order valence-electron chi connectivity index (χ1n) is 8.44. The van der Waals surface area contributed by atoms with Gasteiger partial charge in [0.05, 0.1) is 0 Å². The predicted molar refractivity (Wildman–Crippen MR) is 94.3 cm³/mol. The van der Waals surface area contributed by atoms with Gasteiger partial charge in [0.15, 0.2) is 0 Å². The fraction of sp³-hybridized carbons (Fsp3) is 0.421. The maximum absolute atomic E-state index is 12.6. The van der Waals surface area contributed by atoms with Crippen molar-refractivity contribution in [3.8, 4) is 5.75 Å². The SMILES string of the molecule is CC/C(C)=C/C(=O)N1CCN(C(=O)c2cccc(OC(C)=O)c2)CC1. The third-order valence-corrected chi connectivity index (χ3v) is 4.15. The number of hydrogen-bond donors (Lipinski definition) is 0. The molecule has 1 saturated heterocycles. The van der Waals surface area contributed by atoms with Crippen molar-refractivity contribution in [3.63, 3.8) is 0 Å². The van der Waals surface area contributed by atoms with Gasteiger partial charge < -0.3 is 14.5 Å². The molecule has 0 atom stereocenters. The van der Waals surface area contributed by atoms with Crippen LogP contribution in [0.2, 0.25) is 0 Å². The van der Waals surface area contributed by atoms with E-state index in [1.807, 2.05) is 13.8 Å². The Morgan fingerprint density at radius 3 is 2.32 bits per heavy atom. The summed E-state index contributed by atoms with van der Waals surface area (Å²) in [6, 6.07) is 6.58. The number of benzene rings is 1. The van der Waals surface area contributed by atoms with Gasteiger partial charge in [-0.1, -0.05) is 18.6 Å². The molecule has 2 rings (SSSR count). The molecule has 0 saturated carbocycles. The number of ether oxygens (including phenoxy) is 1. The first-order valence-corrected chi connectivity index (χ1v) is 8.44. The summed E-state index contributed by atoms with van der Waals surface area (Å²) in [6.45, 7) is 7.28. The van der Waals surface area contributed by atoms with Crippen molar-refractivity contribution in [2.75, 3.05) is 26.2 Å². The number of amides is 2. The normalized spacial score (nSPS) is 15.1. The molecule has 134 valence electrons. The van der Waals surface area contributed by atoms with Crippen LogP contribution in [0.15, 0.2) is 35.9 Å². The molecule has 0 spiro atoms. The van der Waals surface area contributed by atoms with Crippen LogP contribution in [-0.4, -0.2) is 53.8 Å². The average molecular weight is 344 g/mol. The number of carbonyl (C=O) groups is 3. The number of piperazine rings is 1. The Hall–Kier alpha value is -2.63. The molecule has 1 heterocycles. The van der Waals surface area contributed by atoms with Crippen molar-refractivity contribution in [1.29, 1.82) is 0 Å². The lowest BCUT2D eigenvalue weighted by Crippen LogP contribution is -2.50. The summed E-state index contributed by atoms with van der Waals surface area (Å²) < 4.78 is 5.02. The van der Waals surface area contributed by atoms with Crippen molar-refractivity contribution in [2.24, 2.45) is 0 Å². The highest BCUT2D eigenvalue weighted by Gasteiger charge is 2.24. The van der Waals surface area contributed by atoms with E-state index in [1.165, 1.54) is 6.92 Å². The first kappa shape index (κ1) is 18.7. The van der Waals surface area contributed by atoms with E-state index in [4.69, 9.17) is 4.74 Å². The van der Waals surface area contributed by atoms with E-state index in [0.29, 0.717) is 37.5 Å². The molecule has 25 heavy (non-hydrogen) atoms. The highest BCUT2D eigenvalue weighted by atomic mass is 16.5. The van der Waals surface area contributed by atoms with Crippen LogP contribution >= 0.6 is 0 Å². The van der Waals surface area contributed by atoms with Crippen LogP contribution in [0.5, 0.6) is 5.75 Å². The van der Waals surface area contributed by atoms with Gasteiger partial charge in [0.2, 0.25) is 5.91 Å². The molecule has 6 heteroatoms. The summed E-state index contributed by atoms with van der Waals surface area (Å²) in [6.07, 6.45) is 2.52. The van der Waals surface area contributed by atoms with E-state index >= 15 is 0 Å². The Bertz CT molecular complexity index is 688. The van der Waals surface area contributed by atoms with E-state index in [2.05, 4.69) is 0 Å². The molecule has 1 aliphatic heterocycles. The molecule has 1 aliphatic rings. The van der Waals surface area contributed by atoms with Gasteiger partial charge in [0.1, 0.15) is 5.75 Å². The molecule has 6 nitrogen and oxygen atoms in total. The van der Waals surface area contributed by atoms with Crippen LogP contribution in [-0.2, 0) is 9.59 Å². The smallest absolute Gasteiger partial charge is 0.308 e. The van der Waals surface area contributed by atoms with Crippen molar-refractivity contribution in [3.05, 3.63) is 41.5 Å². The molecule has 0 N–H and O–H groups in total. The van der Waals surface area contributed by atoms with Crippen LogP contribution in [0.1, 0.15) is 37.6 Å². The summed E-state index contributed by atoms with van der Waals surface area (Å²) >= 11 is 0. The molecule has 0 aromatic heterocycles. The van der Waals surface area contributed by atoms with Gasteiger partial charge in [-0.25, -0.2) is 0 Å². The topological polar surface area (TPSA) is 66.9 Å². The Kier molecular flexibility index (Phi) is 6.33. The predicted octanol–water partition coefficient (Wildman–Crippen LogP) is 2.25. The second kappa shape index (κ2) is 8.46. The van der Waals surface area contributed by atoms with Crippen molar-refractivity contribution >= 4 is 17.8 Å². The maximum atomic E-state index is 12.6. The van der Waals surface area contributed by atoms with E-state index < -0.39 is 5.97 Å². The van der Waals surface area contributed by atoms with Gasteiger partial charge in [-0.3, -0.25) is 14.4 Å². The summed E-state index contributed by atoms with van der Waals surface area (Å²) in [5.74, 6) is -0.191. The van der Waals surface area contributed by atoms with Crippen molar-refractivity contribution < 1.29 is 19.1 Å². The summed E-state index contributed by atoms with van der Waals surface area (Å²) in [5.41, 5.74) is 1.52. The zero-order valence-corrected chi connectivity index (χ0v) is 14.9. The zero-order chi connectivity index (χ0) is 18.4. The molecule has 0 radical (unpaired) electrons.